The zero-order valence-corrected chi connectivity index (χ0v) is 21.4. The number of hydrogen-bond donors (Lipinski definition) is 1. The third kappa shape index (κ3) is 6.50. The van der Waals surface area contributed by atoms with Gasteiger partial charge in [-0.15, -0.1) is 0 Å². The molecule has 2 atom stereocenters. The molecule has 8 heteroatoms. The number of ether oxygens (including phenoxy) is 3. The van der Waals surface area contributed by atoms with Crippen molar-refractivity contribution in [3.8, 4) is 5.75 Å². The summed E-state index contributed by atoms with van der Waals surface area (Å²) in [6.07, 6.45) is 0.489. The third-order valence-corrected chi connectivity index (χ3v) is 5.92. The van der Waals surface area contributed by atoms with Gasteiger partial charge < -0.3 is 19.5 Å². The zero-order chi connectivity index (χ0) is 25.0. The Kier molecular flexibility index (Phi) is 8.23. The van der Waals surface area contributed by atoms with Crippen LogP contribution in [0.15, 0.2) is 36.4 Å². The molecule has 7 nitrogen and oxygen atoms in total. The van der Waals surface area contributed by atoms with E-state index >= 15 is 0 Å². The highest BCUT2D eigenvalue weighted by Crippen LogP contribution is 2.35. The standard InChI is InChI=1S/C26H33ClN2O5/c1-16(30)28-20-7-10-23(27)19(13-20)15-33-21-8-9-22-18(14-21)11-12-29(24(22)25(31)32-6)17(2)34-26(3,4)5/h7-10,13-14,17,24H,11-12,15H2,1-6H3,(H,28,30)/t17?,24-/m1/s1. The molecule has 0 radical (unpaired) electrons. The highest BCUT2D eigenvalue weighted by Gasteiger charge is 2.38. The summed E-state index contributed by atoms with van der Waals surface area (Å²) in [5.74, 6) is 0.205. The maximum atomic E-state index is 12.8. The number of nitrogens with zero attached hydrogens (tertiary/aromatic N) is 1. The second kappa shape index (κ2) is 10.8. The number of amides is 1. The summed E-state index contributed by atoms with van der Waals surface area (Å²) in [4.78, 5) is 26.1. The maximum absolute atomic E-state index is 12.8. The van der Waals surface area contributed by atoms with Crippen LogP contribution in [0.25, 0.3) is 0 Å². The van der Waals surface area contributed by atoms with E-state index in [0.717, 1.165) is 23.1 Å². The van der Waals surface area contributed by atoms with Crippen LogP contribution in [0.4, 0.5) is 5.69 Å². The fourth-order valence-corrected chi connectivity index (χ4v) is 4.36. The summed E-state index contributed by atoms with van der Waals surface area (Å²) >= 11 is 6.31. The summed E-state index contributed by atoms with van der Waals surface area (Å²) in [6, 6.07) is 10.4. The molecule has 0 spiro atoms. The van der Waals surface area contributed by atoms with Gasteiger partial charge >= 0.3 is 5.97 Å². The first-order valence-corrected chi connectivity index (χ1v) is 11.7. The molecule has 0 aliphatic carbocycles. The molecule has 3 rings (SSSR count). The largest absolute Gasteiger partial charge is 0.489 e. The second-order valence-electron chi connectivity index (χ2n) is 9.38. The van der Waals surface area contributed by atoms with Gasteiger partial charge in [0.15, 0.2) is 0 Å². The van der Waals surface area contributed by atoms with Crippen molar-refractivity contribution in [2.24, 2.45) is 0 Å². The number of halogens is 1. The van der Waals surface area contributed by atoms with Gasteiger partial charge in [0, 0.05) is 29.7 Å². The monoisotopic (exact) mass is 488 g/mol. The van der Waals surface area contributed by atoms with Crippen LogP contribution in [-0.4, -0.2) is 42.3 Å². The molecular formula is C26H33ClN2O5. The SMILES string of the molecule is COC(=O)[C@H]1c2ccc(OCc3cc(NC(C)=O)ccc3Cl)cc2CCN1C(C)OC(C)(C)C. The van der Waals surface area contributed by atoms with Gasteiger partial charge in [-0.1, -0.05) is 17.7 Å². The van der Waals surface area contributed by atoms with Gasteiger partial charge in [-0.05, 0) is 75.6 Å². The molecule has 34 heavy (non-hydrogen) atoms. The highest BCUT2D eigenvalue weighted by molar-refractivity contribution is 6.31. The molecule has 2 aromatic rings. The molecule has 1 amide bonds. The molecule has 0 saturated carbocycles. The normalized spacial score (nSPS) is 17.0. The van der Waals surface area contributed by atoms with Gasteiger partial charge in [0.2, 0.25) is 5.91 Å². The van der Waals surface area contributed by atoms with Gasteiger partial charge in [-0.2, -0.15) is 0 Å². The van der Waals surface area contributed by atoms with E-state index in [1.54, 1.807) is 18.2 Å². The van der Waals surface area contributed by atoms with Crippen molar-refractivity contribution >= 4 is 29.2 Å². The number of rotatable bonds is 7. The number of anilines is 1. The Morgan fingerprint density at radius 2 is 1.94 bits per heavy atom. The predicted octanol–water partition coefficient (Wildman–Crippen LogP) is 5.11. The first-order valence-electron chi connectivity index (χ1n) is 11.3. The number of hydrogen-bond acceptors (Lipinski definition) is 6. The van der Waals surface area contributed by atoms with Crippen molar-refractivity contribution in [2.75, 3.05) is 19.0 Å². The van der Waals surface area contributed by atoms with Gasteiger partial charge in [0.05, 0.1) is 12.7 Å². The number of esters is 1. The Hall–Kier alpha value is -2.61. The van der Waals surface area contributed by atoms with Crippen LogP contribution in [0.1, 0.15) is 57.4 Å². The van der Waals surface area contributed by atoms with Crippen LogP contribution < -0.4 is 10.1 Å². The number of nitrogens with one attached hydrogen (secondary N) is 1. The Morgan fingerprint density at radius 3 is 2.59 bits per heavy atom. The lowest BCUT2D eigenvalue weighted by Crippen LogP contribution is -2.48. The topological polar surface area (TPSA) is 77.1 Å². The smallest absolute Gasteiger partial charge is 0.327 e. The van der Waals surface area contributed by atoms with Crippen molar-refractivity contribution in [3.63, 3.8) is 0 Å². The molecule has 1 heterocycles. The van der Waals surface area contributed by atoms with Crippen molar-refractivity contribution in [1.29, 1.82) is 0 Å². The van der Waals surface area contributed by atoms with E-state index in [1.807, 2.05) is 50.8 Å². The van der Waals surface area contributed by atoms with E-state index in [9.17, 15) is 9.59 Å². The minimum absolute atomic E-state index is 0.152. The average Bonchev–Trinajstić information content (AvgIpc) is 2.76. The fourth-order valence-electron chi connectivity index (χ4n) is 4.19. The van der Waals surface area contributed by atoms with Crippen molar-refractivity contribution in [2.45, 2.75) is 65.5 Å². The van der Waals surface area contributed by atoms with E-state index in [4.69, 9.17) is 25.8 Å². The molecule has 1 aliphatic rings. The molecule has 0 aromatic heterocycles. The number of carbonyl (C=O) groups excluding carboxylic acids is 2. The zero-order valence-electron chi connectivity index (χ0n) is 20.6. The molecular weight excluding hydrogens is 456 g/mol. The number of benzene rings is 2. The van der Waals surface area contributed by atoms with Crippen molar-refractivity contribution in [3.05, 3.63) is 58.1 Å². The minimum atomic E-state index is -0.552. The molecule has 0 saturated heterocycles. The van der Waals surface area contributed by atoms with Crippen LogP contribution in [0, 0.1) is 0 Å². The fraction of sp³-hybridized carbons (Fsp3) is 0.462. The van der Waals surface area contributed by atoms with Crippen LogP contribution in [-0.2, 0) is 32.1 Å². The Bertz CT molecular complexity index is 1050. The van der Waals surface area contributed by atoms with Crippen LogP contribution >= 0.6 is 11.6 Å². The summed E-state index contributed by atoms with van der Waals surface area (Å²) in [5, 5.41) is 3.30. The lowest BCUT2D eigenvalue weighted by Gasteiger charge is -2.41. The van der Waals surface area contributed by atoms with Crippen LogP contribution in [0.3, 0.4) is 0 Å². The van der Waals surface area contributed by atoms with E-state index in [-0.39, 0.29) is 30.3 Å². The van der Waals surface area contributed by atoms with Gasteiger partial charge in [-0.25, -0.2) is 4.79 Å². The first-order chi connectivity index (χ1) is 16.0. The van der Waals surface area contributed by atoms with E-state index in [0.29, 0.717) is 23.0 Å². The quantitative estimate of drug-likeness (QED) is 0.546. The summed E-state index contributed by atoms with van der Waals surface area (Å²) in [6.45, 7) is 10.3. The Morgan fingerprint density at radius 1 is 1.21 bits per heavy atom. The maximum Gasteiger partial charge on any atom is 0.327 e. The van der Waals surface area contributed by atoms with Crippen molar-refractivity contribution < 1.29 is 23.8 Å². The second-order valence-corrected chi connectivity index (χ2v) is 9.79. The Labute approximate surface area is 206 Å². The lowest BCUT2D eigenvalue weighted by molar-refractivity contribution is -0.167. The van der Waals surface area contributed by atoms with E-state index in [1.165, 1.54) is 14.0 Å². The Balaban J connectivity index is 1.80. The van der Waals surface area contributed by atoms with Gasteiger partial charge in [-0.3, -0.25) is 9.69 Å². The molecule has 0 fully saturated rings. The van der Waals surface area contributed by atoms with E-state index < -0.39 is 6.04 Å². The number of methoxy groups -OCH3 is 1. The summed E-state index contributed by atoms with van der Waals surface area (Å²) in [7, 11) is 1.40. The average molecular weight is 489 g/mol. The van der Waals surface area contributed by atoms with E-state index in [2.05, 4.69) is 5.32 Å². The first kappa shape index (κ1) is 26.0. The van der Waals surface area contributed by atoms with Gasteiger partial charge in [0.25, 0.3) is 0 Å². The molecule has 0 bridgehead atoms. The minimum Gasteiger partial charge on any atom is -0.489 e. The molecule has 1 aliphatic heterocycles. The molecule has 2 aromatic carbocycles. The predicted molar refractivity (Wildman–Crippen MR) is 132 cm³/mol. The molecule has 1 N–H and O–H groups in total. The summed E-state index contributed by atoms with van der Waals surface area (Å²) in [5.41, 5.74) is 3.01. The lowest BCUT2D eigenvalue weighted by atomic mass is 9.92. The molecule has 1 unspecified atom stereocenters. The van der Waals surface area contributed by atoms with Gasteiger partial charge in [0.1, 0.15) is 24.6 Å². The van der Waals surface area contributed by atoms with Crippen LogP contribution in [0.2, 0.25) is 5.02 Å². The van der Waals surface area contributed by atoms with Crippen LogP contribution in [0.5, 0.6) is 5.75 Å². The highest BCUT2D eigenvalue weighted by atomic mass is 35.5. The van der Waals surface area contributed by atoms with Crippen molar-refractivity contribution in [1.82, 2.24) is 4.90 Å². The summed E-state index contributed by atoms with van der Waals surface area (Å²) < 4.78 is 17.3. The third-order valence-electron chi connectivity index (χ3n) is 5.56. The molecule has 184 valence electrons. The number of carbonyl (C=O) groups is 2. The number of fused-ring (bicyclic) bond motifs is 1.